The second-order valence-corrected chi connectivity index (χ2v) is 16.5. The monoisotopic (exact) mass is 990 g/mol. The molecular formula is C54H66N6O12. The van der Waals surface area contributed by atoms with E-state index in [-0.39, 0.29) is 127 Å². The van der Waals surface area contributed by atoms with Crippen molar-refractivity contribution in [1.82, 2.24) is 0 Å². The number of phenols is 6. The van der Waals surface area contributed by atoms with Crippen molar-refractivity contribution in [2.75, 3.05) is 59.1 Å². The highest BCUT2D eigenvalue weighted by Crippen LogP contribution is 2.43. The van der Waals surface area contributed by atoms with Gasteiger partial charge in [0.2, 0.25) is 0 Å². The van der Waals surface area contributed by atoms with E-state index in [4.69, 9.17) is 14.2 Å². The Morgan fingerprint density at radius 3 is 0.944 bits per heavy atom. The maximum absolute atomic E-state index is 12.5. The Kier molecular flexibility index (Phi) is 23.1. The van der Waals surface area contributed by atoms with Gasteiger partial charge in [0.05, 0.1) is 92.5 Å². The molecule has 0 unspecified atom stereocenters. The molecule has 0 fully saturated rings. The molecule has 0 aliphatic carbocycles. The summed E-state index contributed by atoms with van der Waals surface area (Å²) >= 11 is 0. The van der Waals surface area contributed by atoms with Crippen molar-refractivity contribution >= 4 is 53.7 Å². The van der Waals surface area contributed by atoms with Gasteiger partial charge < -0.3 is 44.8 Å². The summed E-state index contributed by atoms with van der Waals surface area (Å²) in [4.78, 5) is 64.1. The van der Waals surface area contributed by atoms with Gasteiger partial charge in [-0.15, -0.1) is 0 Å². The molecule has 0 aliphatic rings. The summed E-state index contributed by atoms with van der Waals surface area (Å²) in [6.07, 6.45) is 8.99. The first kappa shape index (κ1) is 56.7. The molecule has 18 nitrogen and oxygen atoms in total. The molecule has 0 bridgehead atoms. The van der Waals surface area contributed by atoms with E-state index in [1.807, 2.05) is 20.8 Å². The zero-order chi connectivity index (χ0) is 52.6. The largest absolute Gasteiger partial charge is 0.507 e. The molecule has 0 aromatic heterocycles. The van der Waals surface area contributed by atoms with E-state index in [1.54, 1.807) is 20.8 Å². The first-order valence-corrected chi connectivity index (χ1v) is 24.0. The minimum atomic E-state index is -0.517. The van der Waals surface area contributed by atoms with Crippen molar-refractivity contribution < 1.29 is 59.2 Å². The molecule has 0 atom stereocenters. The second kappa shape index (κ2) is 29.3. The van der Waals surface area contributed by atoms with Gasteiger partial charge in [-0.3, -0.25) is 30.0 Å². The molecule has 0 saturated carbocycles. The van der Waals surface area contributed by atoms with Crippen LogP contribution in [-0.4, -0.2) is 143 Å². The number of carbonyl (C=O) groups is 3. The maximum Gasteiger partial charge on any atom is 0.338 e. The normalized spacial score (nSPS) is 12.3. The summed E-state index contributed by atoms with van der Waals surface area (Å²) in [5.74, 6) is -3.33. The van der Waals surface area contributed by atoms with Crippen LogP contribution in [0.3, 0.4) is 0 Å². The zero-order valence-electron chi connectivity index (χ0n) is 41.9. The van der Waals surface area contributed by atoms with Gasteiger partial charge >= 0.3 is 17.9 Å². The number of phenolic OH excluding ortho intramolecular Hbond substituents is 6. The summed E-state index contributed by atoms with van der Waals surface area (Å²) in [5.41, 5.74) is 1.93. The molecular weight excluding hydrogens is 925 g/mol. The van der Waals surface area contributed by atoms with Gasteiger partial charge in [-0.2, -0.15) is 0 Å². The van der Waals surface area contributed by atoms with Crippen molar-refractivity contribution in [2.24, 2.45) is 30.0 Å². The van der Waals surface area contributed by atoms with E-state index >= 15 is 0 Å². The number of ether oxygens (including phenoxy) is 3. The maximum atomic E-state index is 12.5. The fourth-order valence-electron chi connectivity index (χ4n) is 6.82. The molecule has 6 N–H and O–H groups in total. The number of hydrogen-bond acceptors (Lipinski definition) is 18. The van der Waals surface area contributed by atoms with Crippen LogP contribution in [0, 0.1) is 0 Å². The standard InChI is InChI=1S/C54H66N6O12/c1-7-10-25-70-52(67)37-13-16-43(61)40(28-37)31-55-19-22-58-34(4)46-49(64)47(35(5)59-23-20-56-32-41-29-38(14-17-44(41)62)53(68)71-26-11-8-2)51(66)48(50(46)65)36(6)60-24-21-57-33-42-30-39(15-18-45(42)63)54(69)72-27-12-9-3/h13-18,28-33,61-66H,7-12,19-27H2,1-6H3. The zero-order valence-corrected chi connectivity index (χ0v) is 41.9. The third-order valence-electron chi connectivity index (χ3n) is 10.9. The van der Waals surface area contributed by atoms with Crippen LogP contribution in [0.5, 0.6) is 34.5 Å². The number of aliphatic imine (C=N–C) groups is 6. The summed E-state index contributed by atoms with van der Waals surface area (Å²) < 4.78 is 15.8. The van der Waals surface area contributed by atoms with E-state index in [9.17, 15) is 45.0 Å². The predicted octanol–water partition coefficient (Wildman–Crippen LogP) is 8.58. The second-order valence-electron chi connectivity index (χ2n) is 16.5. The summed E-state index contributed by atoms with van der Waals surface area (Å²) in [5, 5.41) is 66.4. The summed E-state index contributed by atoms with van der Waals surface area (Å²) in [6, 6.07) is 13.0. The highest BCUT2D eigenvalue weighted by molar-refractivity contribution is 6.16. The molecule has 4 rings (SSSR count). The van der Waals surface area contributed by atoms with Crippen LogP contribution < -0.4 is 0 Å². The van der Waals surface area contributed by atoms with Crippen LogP contribution in [-0.2, 0) is 14.2 Å². The highest BCUT2D eigenvalue weighted by Gasteiger charge is 2.28. The third-order valence-corrected chi connectivity index (χ3v) is 10.9. The minimum Gasteiger partial charge on any atom is -0.507 e. The van der Waals surface area contributed by atoms with E-state index < -0.39 is 35.2 Å². The predicted molar refractivity (Wildman–Crippen MR) is 280 cm³/mol. The van der Waals surface area contributed by atoms with Crippen molar-refractivity contribution in [3.05, 3.63) is 105 Å². The first-order valence-electron chi connectivity index (χ1n) is 24.0. The van der Waals surface area contributed by atoms with Crippen molar-refractivity contribution in [1.29, 1.82) is 0 Å². The molecule has 0 saturated heterocycles. The molecule has 72 heavy (non-hydrogen) atoms. The fourth-order valence-corrected chi connectivity index (χ4v) is 6.82. The number of nitrogens with zero attached hydrogens (tertiary/aromatic N) is 6. The number of hydrogen-bond donors (Lipinski definition) is 6. The first-order chi connectivity index (χ1) is 34.6. The van der Waals surface area contributed by atoms with Gasteiger partial charge in [0.25, 0.3) is 0 Å². The lowest BCUT2D eigenvalue weighted by molar-refractivity contribution is 0.0490. The van der Waals surface area contributed by atoms with E-state index in [1.165, 1.54) is 73.2 Å². The van der Waals surface area contributed by atoms with Crippen LogP contribution in [0.4, 0.5) is 0 Å². The van der Waals surface area contributed by atoms with Gasteiger partial charge in [-0.1, -0.05) is 40.0 Å². The summed E-state index contributed by atoms with van der Waals surface area (Å²) in [7, 11) is 0. The third kappa shape index (κ3) is 16.6. The van der Waals surface area contributed by atoms with Crippen LogP contribution in [0.15, 0.2) is 84.6 Å². The molecule has 384 valence electrons. The Hall–Kier alpha value is -7.89. The quantitative estimate of drug-likeness (QED) is 0.0142. The van der Waals surface area contributed by atoms with Crippen molar-refractivity contribution in [2.45, 2.75) is 80.1 Å². The van der Waals surface area contributed by atoms with E-state index in [0.29, 0.717) is 16.7 Å². The molecule has 4 aromatic carbocycles. The van der Waals surface area contributed by atoms with E-state index in [2.05, 4.69) is 30.0 Å². The minimum absolute atomic E-state index is 0.0689. The lowest BCUT2D eigenvalue weighted by Gasteiger charge is -2.18. The van der Waals surface area contributed by atoms with Gasteiger partial charge in [0.15, 0.2) is 0 Å². The van der Waals surface area contributed by atoms with Crippen LogP contribution in [0.1, 0.15) is 145 Å². The number of unbranched alkanes of at least 4 members (excludes halogenated alkanes) is 3. The molecule has 18 heteroatoms. The number of rotatable bonds is 27. The Morgan fingerprint density at radius 1 is 0.431 bits per heavy atom. The SMILES string of the molecule is CCCCOC(=O)c1ccc(O)c(C=NCCN=C(C)c2c(O)c(C(C)=NCCN=Cc3cc(C(=O)OCCCC)ccc3O)c(O)c(C(C)=NCCN=Cc3cc(C(=O)OCCCC)ccc3O)c2O)c1. The smallest absolute Gasteiger partial charge is 0.338 e. The summed E-state index contributed by atoms with van der Waals surface area (Å²) in [6.45, 7) is 12.0. The Labute approximate surface area is 420 Å². The lowest BCUT2D eigenvalue weighted by Crippen LogP contribution is -2.10. The lowest BCUT2D eigenvalue weighted by atomic mass is 9.93. The fraction of sp³-hybridized carbons (Fsp3) is 0.389. The topological polar surface area (TPSA) is 274 Å². The molecule has 0 amide bonds. The van der Waals surface area contributed by atoms with Crippen molar-refractivity contribution in [3.8, 4) is 34.5 Å². The number of aromatic hydroxyl groups is 6. The highest BCUT2D eigenvalue weighted by atomic mass is 16.5. The van der Waals surface area contributed by atoms with Gasteiger partial charge in [0.1, 0.15) is 34.5 Å². The van der Waals surface area contributed by atoms with Crippen molar-refractivity contribution in [3.63, 3.8) is 0 Å². The average molecular weight is 991 g/mol. The van der Waals surface area contributed by atoms with Gasteiger partial charge in [-0.05, 0) is 94.6 Å². The van der Waals surface area contributed by atoms with Crippen LogP contribution >= 0.6 is 0 Å². The van der Waals surface area contributed by atoms with Gasteiger partial charge in [-0.25, -0.2) is 14.4 Å². The van der Waals surface area contributed by atoms with Crippen LogP contribution in [0.2, 0.25) is 0 Å². The van der Waals surface area contributed by atoms with E-state index in [0.717, 1.165) is 38.5 Å². The molecule has 0 heterocycles. The number of carbonyl (C=O) groups excluding carboxylic acids is 3. The molecule has 0 aliphatic heterocycles. The number of benzene rings is 4. The molecule has 0 radical (unpaired) electrons. The Bertz CT molecular complexity index is 2400. The number of esters is 3. The molecule has 4 aromatic rings. The molecule has 0 spiro atoms. The average Bonchev–Trinajstić information content (AvgIpc) is 3.35. The van der Waals surface area contributed by atoms with Crippen LogP contribution in [0.25, 0.3) is 0 Å². The van der Waals surface area contributed by atoms with Gasteiger partial charge in [0, 0.05) is 52.5 Å². The Balaban J connectivity index is 1.60. The Morgan fingerprint density at radius 2 is 0.694 bits per heavy atom.